The number of halogens is 3. The minimum atomic E-state index is -0.253. The molecule has 0 saturated heterocycles. The van der Waals surface area contributed by atoms with E-state index in [4.69, 9.17) is 31.8 Å². The molecular weight excluding hydrogens is 1090 g/mol. The van der Waals surface area contributed by atoms with Gasteiger partial charge in [-0.1, -0.05) is 136 Å². The van der Waals surface area contributed by atoms with E-state index in [-0.39, 0.29) is 11.2 Å². The molecule has 0 spiro atoms. The van der Waals surface area contributed by atoms with Crippen molar-refractivity contribution in [2.45, 2.75) is 0 Å². The number of aromatic nitrogens is 6. The molecule has 3 aromatic heterocycles. The standard InChI is InChI=1S/C29H22N4O.C15H12BrN3O.C9H6BrClN2O.C6H7N/c1-2-27(34)31-25-15-9-12-21(17-25)26-18-22(20-10-5-3-6-11-20)16-23-19-30-29(33-28(23)26)32-24-13-7-4-8-14-24;1-20-13-8-11(16)7-10-9-17-15(19-14(10)13)18-12-5-3-2-4-6-12;1-14-7-3-6(10)2-5-4-12-9(11)13-8(5)7;7-6-4-2-1-3-5-6/h2-19H,1H2,(H,31,34)(H,30,32,33);2-9H,1H3,(H,17,18,19);2-4H,1H3;1-5H,7H2. The zero-order chi connectivity index (χ0) is 52.5. The first-order valence-corrected chi connectivity index (χ1v) is 25.0. The summed E-state index contributed by atoms with van der Waals surface area (Å²) < 4.78 is 12.4. The number of anilines is 6. The molecule has 0 aliphatic rings. The number of carbonyl (C=O) groups excluding carboxylic acids is 1. The van der Waals surface area contributed by atoms with E-state index in [1.807, 2.05) is 164 Å². The summed E-state index contributed by atoms with van der Waals surface area (Å²) in [6.45, 7) is 3.53. The Morgan fingerprint density at radius 3 is 1.52 bits per heavy atom. The number of amides is 1. The van der Waals surface area contributed by atoms with Crippen LogP contribution in [0.4, 0.5) is 34.6 Å². The molecule has 5 N–H and O–H groups in total. The molecule has 0 atom stereocenters. The lowest BCUT2D eigenvalue weighted by Gasteiger charge is -2.13. The Balaban J connectivity index is 0.000000153. The second-order valence-corrected chi connectivity index (χ2v) is 18.3. The topological polar surface area (TPSA) is 175 Å². The molecule has 0 unspecified atom stereocenters. The normalized spacial score (nSPS) is 10.4. The Morgan fingerprint density at radius 2 is 1.00 bits per heavy atom. The number of nitrogen functional groups attached to an aromatic ring is 1. The lowest BCUT2D eigenvalue weighted by Crippen LogP contribution is -2.07. The molecule has 0 aliphatic heterocycles. The van der Waals surface area contributed by atoms with Crippen molar-refractivity contribution in [3.05, 3.63) is 227 Å². The number of ether oxygens (including phenoxy) is 2. The van der Waals surface area contributed by atoms with Crippen LogP contribution >= 0.6 is 43.5 Å². The summed E-state index contributed by atoms with van der Waals surface area (Å²) in [5, 5.41) is 12.2. The number of nitrogens with one attached hydrogen (secondary N) is 3. The van der Waals surface area contributed by atoms with Gasteiger partial charge in [0.2, 0.25) is 23.1 Å². The van der Waals surface area contributed by atoms with Gasteiger partial charge in [0.05, 0.1) is 19.7 Å². The Morgan fingerprint density at radius 1 is 0.533 bits per heavy atom. The molecular formula is C59H47Br2ClN10O3. The Labute approximate surface area is 455 Å². The van der Waals surface area contributed by atoms with Crippen LogP contribution in [-0.2, 0) is 4.79 Å². The predicted octanol–water partition coefficient (Wildman–Crippen LogP) is 15.3. The van der Waals surface area contributed by atoms with Crippen molar-refractivity contribution in [2.75, 3.05) is 35.9 Å². The maximum Gasteiger partial charge on any atom is 0.247 e. The van der Waals surface area contributed by atoms with Crippen molar-refractivity contribution in [2.24, 2.45) is 0 Å². The quantitative estimate of drug-likeness (QED) is 0.0580. The van der Waals surface area contributed by atoms with Gasteiger partial charge in [-0.2, -0.15) is 0 Å². The van der Waals surface area contributed by atoms with Gasteiger partial charge < -0.3 is 31.2 Å². The van der Waals surface area contributed by atoms with Crippen molar-refractivity contribution in [1.82, 2.24) is 29.9 Å². The SMILES string of the molecule is C=CC(=O)Nc1cccc(-c2cc(-c3ccccc3)cc3cnc(Nc4ccccc4)nc23)c1.COc1cc(Br)cc2cnc(Cl)nc12.COc1cc(Br)cc2cnc(Nc3ccccc3)nc12.Nc1ccccc1. The number of rotatable bonds is 10. The Bertz CT molecular complexity index is 3720. The number of para-hydroxylation sites is 3. The molecule has 11 rings (SSSR count). The van der Waals surface area contributed by atoms with Crippen molar-refractivity contribution in [3.63, 3.8) is 0 Å². The van der Waals surface area contributed by atoms with E-state index in [1.54, 1.807) is 26.6 Å². The summed E-state index contributed by atoms with van der Waals surface area (Å²) in [6, 6.07) is 58.9. The molecule has 372 valence electrons. The van der Waals surface area contributed by atoms with Crippen LogP contribution in [0.25, 0.3) is 55.0 Å². The molecule has 75 heavy (non-hydrogen) atoms. The van der Waals surface area contributed by atoms with Gasteiger partial charge in [0, 0.05) is 72.0 Å². The molecule has 0 radical (unpaired) electrons. The summed E-state index contributed by atoms with van der Waals surface area (Å²) in [4.78, 5) is 38.1. The highest BCUT2D eigenvalue weighted by Crippen LogP contribution is 2.35. The molecule has 1 amide bonds. The molecule has 16 heteroatoms. The molecule has 13 nitrogen and oxygen atoms in total. The first-order chi connectivity index (χ1) is 36.5. The van der Waals surface area contributed by atoms with Crippen LogP contribution in [0.3, 0.4) is 0 Å². The van der Waals surface area contributed by atoms with E-state index in [0.717, 1.165) is 81.0 Å². The second kappa shape index (κ2) is 25.8. The van der Waals surface area contributed by atoms with Gasteiger partial charge in [0.25, 0.3) is 0 Å². The number of hydrogen-bond donors (Lipinski definition) is 4. The van der Waals surface area contributed by atoms with Crippen LogP contribution in [0.5, 0.6) is 11.5 Å². The fourth-order valence-corrected chi connectivity index (χ4v) is 8.48. The van der Waals surface area contributed by atoms with Crippen LogP contribution in [0.15, 0.2) is 222 Å². The summed E-state index contributed by atoms with van der Waals surface area (Å²) in [5.74, 6) is 2.20. The highest BCUT2D eigenvalue weighted by atomic mass is 79.9. The van der Waals surface area contributed by atoms with E-state index < -0.39 is 0 Å². The number of methoxy groups -OCH3 is 2. The molecule has 8 aromatic carbocycles. The number of hydrogen-bond acceptors (Lipinski definition) is 12. The van der Waals surface area contributed by atoms with Gasteiger partial charge in [0.15, 0.2) is 0 Å². The first kappa shape index (κ1) is 52.6. The van der Waals surface area contributed by atoms with Crippen LogP contribution in [0, 0.1) is 0 Å². The number of nitrogens with two attached hydrogens (primary N) is 1. The van der Waals surface area contributed by atoms with E-state index in [1.165, 1.54) is 6.08 Å². The van der Waals surface area contributed by atoms with Gasteiger partial charge >= 0.3 is 0 Å². The zero-order valence-electron chi connectivity index (χ0n) is 40.5. The van der Waals surface area contributed by atoms with Crippen molar-refractivity contribution < 1.29 is 14.3 Å². The first-order valence-electron chi connectivity index (χ1n) is 23.1. The van der Waals surface area contributed by atoms with Gasteiger partial charge in [-0.3, -0.25) is 4.79 Å². The molecule has 0 fully saturated rings. The fraction of sp³-hybridized carbons (Fsp3) is 0.0339. The summed E-state index contributed by atoms with van der Waals surface area (Å²) in [7, 11) is 3.23. The lowest BCUT2D eigenvalue weighted by molar-refractivity contribution is -0.111. The Kier molecular flexibility index (Phi) is 18.0. The van der Waals surface area contributed by atoms with Crippen LogP contribution in [0.2, 0.25) is 5.28 Å². The molecule has 0 bridgehead atoms. The molecule has 11 aromatic rings. The molecule has 3 heterocycles. The minimum absolute atomic E-state index is 0.220. The van der Waals surface area contributed by atoms with Crippen molar-refractivity contribution >= 4 is 117 Å². The molecule has 0 saturated carbocycles. The average Bonchev–Trinajstić information content (AvgIpc) is 3.44. The van der Waals surface area contributed by atoms with E-state index >= 15 is 0 Å². The molecule has 0 aliphatic carbocycles. The number of fused-ring (bicyclic) bond motifs is 3. The van der Waals surface area contributed by atoms with E-state index in [2.05, 4.69) is 104 Å². The minimum Gasteiger partial charge on any atom is -0.494 e. The number of nitrogens with zero attached hydrogens (tertiary/aromatic N) is 6. The van der Waals surface area contributed by atoms with Crippen LogP contribution in [0.1, 0.15) is 0 Å². The highest BCUT2D eigenvalue weighted by molar-refractivity contribution is 9.10. The highest BCUT2D eigenvalue weighted by Gasteiger charge is 2.13. The largest absolute Gasteiger partial charge is 0.494 e. The van der Waals surface area contributed by atoms with Crippen LogP contribution < -0.4 is 31.2 Å². The fourth-order valence-electron chi connectivity index (χ4n) is 7.44. The lowest BCUT2D eigenvalue weighted by atomic mass is 9.96. The monoisotopic (exact) mass is 1140 g/mol. The summed E-state index contributed by atoms with van der Waals surface area (Å²) >= 11 is 12.5. The van der Waals surface area contributed by atoms with Gasteiger partial charge in [-0.05, 0) is 119 Å². The third kappa shape index (κ3) is 14.5. The third-order valence-corrected chi connectivity index (χ3v) is 12.0. The van der Waals surface area contributed by atoms with Gasteiger partial charge in [0.1, 0.15) is 22.5 Å². The van der Waals surface area contributed by atoms with E-state index in [9.17, 15) is 4.79 Å². The predicted molar refractivity (Wildman–Crippen MR) is 312 cm³/mol. The summed E-state index contributed by atoms with van der Waals surface area (Å²) in [6.07, 6.45) is 6.54. The van der Waals surface area contributed by atoms with Crippen molar-refractivity contribution in [1.29, 1.82) is 0 Å². The number of benzene rings is 8. The summed E-state index contributed by atoms with van der Waals surface area (Å²) in [5.41, 5.74) is 15.1. The third-order valence-electron chi connectivity index (χ3n) is 10.9. The van der Waals surface area contributed by atoms with Crippen LogP contribution in [-0.4, -0.2) is 50.0 Å². The van der Waals surface area contributed by atoms with Crippen molar-refractivity contribution in [3.8, 4) is 33.8 Å². The zero-order valence-corrected chi connectivity index (χ0v) is 44.4. The van der Waals surface area contributed by atoms with Gasteiger partial charge in [-0.15, -0.1) is 0 Å². The second-order valence-electron chi connectivity index (χ2n) is 16.1. The number of carbonyl (C=O) groups is 1. The smallest absolute Gasteiger partial charge is 0.247 e. The van der Waals surface area contributed by atoms with E-state index in [0.29, 0.717) is 29.1 Å². The van der Waals surface area contributed by atoms with Gasteiger partial charge in [-0.25, -0.2) is 29.9 Å². The average molecular weight is 1140 g/mol. The maximum atomic E-state index is 11.8. The maximum absolute atomic E-state index is 11.8. The Hall–Kier alpha value is -8.76.